The molecule has 1 heterocycles. The van der Waals surface area contributed by atoms with E-state index in [2.05, 4.69) is 17.9 Å². The van der Waals surface area contributed by atoms with Gasteiger partial charge in [0.1, 0.15) is 5.82 Å². The fraction of sp³-hybridized carbons (Fsp3) is 0.400. The Labute approximate surface area is 181 Å². The third-order valence-electron chi connectivity index (χ3n) is 7.39. The van der Waals surface area contributed by atoms with Crippen molar-refractivity contribution in [3.63, 3.8) is 0 Å². The van der Waals surface area contributed by atoms with Gasteiger partial charge >= 0.3 is 0 Å². The highest BCUT2D eigenvalue weighted by atomic mass is 19.1. The third kappa shape index (κ3) is 3.03. The molecule has 1 atom stereocenters. The number of aryl methyl sites for hydroxylation is 1. The van der Waals surface area contributed by atoms with Crippen molar-refractivity contribution in [1.29, 1.82) is 5.26 Å². The van der Waals surface area contributed by atoms with Crippen molar-refractivity contribution in [2.45, 2.75) is 38.6 Å². The summed E-state index contributed by atoms with van der Waals surface area (Å²) in [4.78, 5) is 15.3. The first-order valence-electron chi connectivity index (χ1n) is 10.7. The SMILES string of the molecule is C=NN(CC12CC(C(=O)N3CCC3c3ccc(F)cc3)(C1)C2)c1ccc(C#N)cc1C. The molecule has 2 aromatic carbocycles. The fourth-order valence-corrected chi connectivity index (χ4v) is 5.90. The van der Waals surface area contributed by atoms with Gasteiger partial charge in [-0.1, -0.05) is 12.1 Å². The lowest BCUT2D eigenvalue weighted by Gasteiger charge is -2.71. The first kappa shape index (κ1) is 19.7. The average Bonchev–Trinajstić information content (AvgIpc) is 2.67. The zero-order valence-corrected chi connectivity index (χ0v) is 17.6. The number of hydrogen-bond donors (Lipinski definition) is 0. The van der Waals surface area contributed by atoms with Crippen molar-refractivity contribution in [2.75, 3.05) is 18.1 Å². The number of carbonyl (C=O) groups excluding carboxylic acids is 1. The number of amides is 1. The number of hydrazone groups is 1. The molecular weight excluding hydrogens is 391 g/mol. The second kappa shape index (κ2) is 6.91. The topological polar surface area (TPSA) is 59.7 Å². The molecule has 0 radical (unpaired) electrons. The lowest BCUT2D eigenvalue weighted by atomic mass is 9.34. The largest absolute Gasteiger partial charge is 0.335 e. The summed E-state index contributed by atoms with van der Waals surface area (Å²) in [7, 11) is 0. The van der Waals surface area contributed by atoms with E-state index in [0.717, 1.165) is 55.6 Å². The summed E-state index contributed by atoms with van der Waals surface area (Å²) in [5, 5.41) is 15.2. The second-order valence-electron chi connectivity index (χ2n) is 9.48. The van der Waals surface area contributed by atoms with E-state index in [0.29, 0.717) is 5.56 Å². The Bertz CT molecular complexity index is 1080. The molecule has 5 nitrogen and oxygen atoms in total. The smallest absolute Gasteiger partial charge is 0.229 e. The number of nitriles is 1. The number of halogens is 1. The molecule has 31 heavy (non-hydrogen) atoms. The van der Waals surface area contributed by atoms with Crippen LogP contribution in [0.25, 0.3) is 0 Å². The van der Waals surface area contributed by atoms with Gasteiger partial charge in [-0.2, -0.15) is 10.4 Å². The number of hydrogen-bond acceptors (Lipinski definition) is 4. The monoisotopic (exact) mass is 416 g/mol. The molecule has 1 aliphatic heterocycles. The van der Waals surface area contributed by atoms with Crippen LogP contribution in [0.2, 0.25) is 0 Å². The molecule has 0 aromatic heterocycles. The van der Waals surface area contributed by atoms with Crippen LogP contribution in [0, 0.1) is 34.9 Å². The van der Waals surface area contributed by atoms with Gasteiger partial charge < -0.3 is 4.90 Å². The number of nitrogens with zero attached hydrogens (tertiary/aromatic N) is 4. The van der Waals surface area contributed by atoms with Crippen LogP contribution in [-0.2, 0) is 4.79 Å². The Morgan fingerprint density at radius 2 is 2.00 bits per heavy atom. The van der Waals surface area contributed by atoms with Crippen molar-refractivity contribution in [3.8, 4) is 6.07 Å². The van der Waals surface area contributed by atoms with E-state index in [4.69, 9.17) is 5.26 Å². The maximum absolute atomic E-state index is 13.3. The summed E-state index contributed by atoms with van der Waals surface area (Å²) < 4.78 is 13.2. The summed E-state index contributed by atoms with van der Waals surface area (Å²) >= 11 is 0. The Morgan fingerprint density at radius 3 is 2.55 bits per heavy atom. The van der Waals surface area contributed by atoms with E-state index in [9.17, 15) is 9.18 Å². The lowest BCUT2D eigenvalue weighted by Crippen LogP contribution is -2.71. The van der Waals surface area contributed by atoms with Gasteiger partial charge in [0, 0.05) is 19.8 Å². The molecule has 158 valence electrons. The molecule has 2 bridgehead atoms. The summed E-state index contributed by atoms with van der Waals surface area (Å²) in [5.41, 5.74) is 3.47. The van der Waals surface area contributed by atoms with Gasteiger partial charge in [-0.15, -0.1) is 0 Å². The minimum Gasteiger partial charge on any atom is -0.335 e. The Kier molecular flexibility index (Phi) is 4.40. The van der Waals surface area contributed by atoms with E-state index in [-0.39, 0.29) is 28.6 Å². The Balaban J connectivity index is 1.24. The number of likely N-dealkylation sites (tertiary alicyclic amines) is 1. The first-order chi connectivity index (χ1) is 14.9. The molecule has 1 unspecified atom stereocenters. The lowest BCUT2D eigenvalue weighted by molar-refractivity contribution is -0.218. The summed E-state index contributed by atoms with van der Waals surface area (Å²) in [5.74, 6) is 0.00260. The molecule has 4 fully saturated rings. The molecule has 3 aliphatic carbocycles. The van der Waals surface area contributed by atoms with Gasteiger partial charge in [-0.25, -0.2) is 4.39 Å². The normalized spacial score (nSPS) is 27.9. The minimum atomic E-state index is -0.250. The molecule has 1 amide bonds. The van der Waals surface area contributed by atoms with Crippen LogP contribution in [0.1, 0.15) is 48.4 Å². The molecule has 6 rings (SSSR count). The fourth-order valence-electron chi connectivity index (χ4n) is 5.90. The predicted octanol–water partition coefficient (Wildman–Crippen LogP) is 4.57. The number of anilines is 1. The maximum atomic E-state index is 13.3. The Morgan fingerprint density at radius 1 is 1.29 bits per heavy atom. The van der Waals surface area contributed by atoms with E-state index in [1.54, 1.807) is 18.2 Å². The molecule has 2 aromatic rings. The van der Waals surface area contributed by atoms with Crippen LogP contribution in [0.4, 0.5) is 10.1 Å². The van der Waals surface area contributed by atoms with Gasteiger partial charge in [-0.3, -0.25) is 9.80 Å². The first-order valence-corrected chi connectivity index (χ1v) is 10.7. The summed E-state index contributed by atoms with van der Waals surface area (Å²) in [6.07, 6.45) is 3.58. The predicted molar refractivity (Wildman–Crippen MR) is 117 cm³/mol. The molecular formula is C25H25FN4O. The van der Waals surface area contributed by atoms with Crippen molar-refractivity contribution in [3.05, 3.63) is 65.0 Å². The van der Waals surface area contributed by atoms with Gasteiger partial charge in [0.05, 0.1) is 28.8 Å². The van der Waals surface area contributed by atoms with E-state index < -0.39 is 0 Å². The molecule has 0 spiro atoms. The number of carbonyl (C=O) groups is 1. The van der Waals surface area contributed by atoms with Gasteiger partial charge in [0.25, 0.3) is 0 Å². The van der Waals surface area contributed by atoms with Crippen LogP contribution in [-0.4, -0.2) is 30.6 Å². The minimum absolute atomic E-state index is 0.0747. The highest BCUT2D eigenvalue weighted by Crippen LogP contribution is 2.74. The van der Waals surface area contributed by atoms with Crippen LogP contribution >= 0.6 is 0 Å². The molecule has 4 aliphatic rings. The summed E-state index contributed by atoms with van der Waals surface area (Å²) in [6.45, 7) is 7.23. The van der Waals surface area contributed by atoms with Crippen molar-refractivity contribution in [1.82, 2.24) is 4.90 Å². The quantitative estimate of drug-likeness (QED) is 0.512. The van der Waals surface area contributed by atoms with Crippen molar-refractivity contribution >= 4 is 18.3 Å². The standard InChI is InChI=1S/C25H25FN4O/c1-17-11-18(12-27)3-8-21(17)30(28-2)16-24-13-25(14-24,15-24)23(31)29-10-9-22(29)19-4-6-20(26)7-5-19/h3-8,11,22H,2,9-10,13-16H2,1H3. The second-order valence-corrected chi connectivity index (χ2v) is 9.48. The van der Waals surface area contributed by atoms with Crippen molar-refractivity contribution in [2.24, 2.45) is 15.9 Å². The van der Waals surface area contributed by atoms with E-state index in [1.807, 2.05) is 29.0 Å². The number of rotatable bonds is 6. The van der Waals surface area contributed by atoms with Crippen LogP contribution in [0.15, 0.2) is 47.6 Å². The molecule has 1 saturated heterocycles. The van der Waals surface area contributed by atoms with Gasteiger partial charge in [0.15, 0.2) is 0 Å². The zero-order chi connectivity index (χ0) is 21.8. The molecule has 3 saturated carbocycles. The Hall–Kier alpha value is -3.20. The van der Waals surface area contributed by atoms with E-state index >= 15 is 0 Å². The van der Waals surface area contributed by atoms with Gasteiger partial charge in [-0.05, 0) is 79.5 Å². The highest BCUT2D eigenvalue weighted by Gasteiger charge is 2.72. The molecule has 0 N–H and O–H groups in total. The zero-order valence-electron chi connectivity index (χ0n) is 17.6. The van der Waals surface area contributed by atoms with Crippen LogP contribution in [0.5, 0.6) is 0 Å². The van der Waals surface area contributed by atoms with Crippen LogP contribution < -0.4 is 5.01 Å². The van der Waals surface area contributed by atoms with E-state index in [1.165, 1.54) is 12.1 Å². The van der Waals surface area contributed by atoms with Crippen molar-refractivity contribution < 1.29 is 9.18 Å². The summed E-state index contributed by atoms with van der Waals surface area (Å²) in [6, 6.07) is 14.3. The highest BCUT2D eigenvalue weighted by molar-refractivity contribution is 5.87. The van der Waals surface area contributed by atoms with Gasteiger partial charge in [0.2, 0.25) is 5.91 Å². The average molecular weight is 417 g/mol. The van der Waals surface area contributed by atoms with Crippen LogP contribution in [0.3, 0.4) is 0 Å². The number of benzene rings is 2. The molecule has 6 heteroatoms. The maximum Gasteiger partial charge on any atom is 0.229 e. The third-order valence-corrected chi connectivity index (χ3v) is 7.39.